The van der Waals surface area contributed by atoms with Crippen molar-refractivity contribution >= 4 is 51.8 Å². The summed E-state index contributed by atoms with van der Waals surface area (Å²) in [6.07, 6.45) is 4.22. The molecule has 1 aromatic carbocycles. The molecular weight excluding hydrogens is 857 g/mol. The van der Waals surface area contributed by atoms with Crippen LogP contribution in [0.5, 0.6) is 0 Å². The van der Waals surface area contributed by atoms with E-state index in [4.69, 9.17) is 19.4 Å². The molecule has 3 saturated heterocycles. The average Bonchev–Trinajstić information content (AvgIpc) is 4.10. The number of nitrogens with one attached hydrogen (secondary N) is 2. The SMILES string of the molecule is CC#CC(=O)N1CC[C@]2(CCN([C@H](C(=O)N[C@H]3Cc4nc(cs4)-c4ccc5c(c4)c(c(-c4cccnc4[C@H](C)OC)n5CC)CC(C)(C)COC(=O)[C@@H]4CCCN(N4)C3=O)C(C)C)C2=O)C1. The van der Waals surface area contributed by atoms with Crippen molar-refractivity contribution in [2.24, 2.45) is 16.7 Å². The van der Waals surface area contributed by atoms with E-state index >= 15 is 0 Å². The quantitative estimate of drug-likeness (QED) is 0.165. The first kappa shape index (κ1) is 46.9. The van der Waals surface area contributed by atoms with Crippen molar-refractivity contribution in [2.45, 2.75) is 118 Å². The van der Waals surface area contributed by atoms with E-state index in [1.165, 1.54) is 16.3 Å². The number of hydrazine groups is 1. The first-order chi connectivity index (χ1) is 31.6. The van der Waals surface area contributed by atoms with Crippen molar-refractivity contribution in [3.05, 3.63) is 58.2 Å². The summed E-state index contributed by atoms with van der Waals surface area (Å²) in [6, 6.07) is 7.69. The molecular formula is C50H62N8O7S. The van der Waals surface area contributed by atoms with E-state index < -0.39 is 46.7 Å². The zero-order valence-corrected chi connectivity index (χ0v) is 40.2. The summed E-state index contributed by atoms with van der Waals surface area (Å²) in [4.78, 5) is 83.3. The number of fused-ring (bicyclic) bond motifs is 6. The van der Waals surface area contributed by atoms with Crippen molar-refractivity contribution in [3.63, 3.8) is 0 Å². The molecule has 4 aliphatic heterocycles. The second-order valence-corrected chi connectivity index (χ2v) is 20.3. The molecule has 5 atom stereocenters. The zero-order valence-electron chi connectivity index (χ0n) is 39.4. The second kappa shape index (κ2) is 18.9. The number of esters is 1. The van der Waals surface area contributed by atoms with Crippen LogP contribution in [-0.4, -0.2) is 117 Å². The number of thiazole rings is 1. The molecule has 350 valence electrons. The van der Waals surface area contributed by atoms with Gasteiger partial charge in [-0.3, -0.25) is 34.0 Å². The minimum absolute atomic E-state index is 0.0836. The van der Waals surface area contributed by atoms with Crippen LogP contribution in [0.3, 0.4) is 0 Å². The molecule has 7 heterocycles. The Morgan fingerprint density at radius 2 is 1.89 bits per heavy atom. The van der Waals surface area contributed by atoms with Gasteiger partial charge in [-0.05, 0) is 94.5 Å². The lowest BCUT2D eigenvalue weighted by atomic mass is 9.84. The lowest BCUT2D eigenvalue weighted by Gasteiger charge is -2.36. The summed E-state index contributed by atoms with van der Waals surface area (Å²) < 4.78 is 14.2. The Morgan fingerprint density at radius 1 is 1.11 bits per heavy atom. The zero-order chi connectivity index (χ0) is 47.1. The normalized spacial score (nSPS) is 23.2. The van der Waals surface area contributed by atoms with Crippen molar-refractivity contribution in [1.82, 2.24) is 40.1 Å². The third-order valence-corrected chi connectivity index (χ3v) is 14.7. The molecule has 16 heteroatoms. The van der Waals surface area contributed by atoms with Gasteiger partial charge in [-0.25, -0.2) is 10.4 Å². The molecule has 1 spiro atoms. The van der Waals surface area contributed by atoms with E-state index in [9.17, 15) is 24.0 Å². The van der Waals surface area contributed by atoms with Crippen LogP contribution >= 0.6 is 11.3 Å². The molecule has 6 bridgehead atoms. The van der Waals surface area contributed by atoms with Gasteiger partial charge in [0.25, 0.3) is 11.8 Å². The number of carbonyl (C=O) groups is 5. The predicted molar refractivity (Wildman–Crippen MR) is 251 cm³/mol. The number of methoxy groups -OCH3 is 1. The molecule has 0 unspecified atom stereocenters. The van der Waals surface area contributed by atoms with Crippen LogP contribution in [0.1, 0.15) is 96.5 Å². The van der Waals surface area contributed by atoms with Gasteiger partial charge in [-0.15, -0.1) is 11.3 Å². The van der Waals surface area contributed by atoms with E-state index in [0.717, 1.165) is 44.7 Å². The topological polar surface area (TPSA) is 168 Å². The lowest BCUT2D eigenvalue weighted by Crippen LogP contribution is -2.62. The molecule has 8 rings (SSSR count). The second-order valence-electron chi connectivity index (χ2n) is 19.3. The highest BCUT2D eigenvalue weighted by molar-refractivity contribution is 7.10. The third kappa shape index (κ3) is 8.97. The minimum Gasteiger partial charge on any atom is -0.464 e. The minimum atomic E-state index is -1.07. The van der Waals surface area contributed by atoms with Crippen molar-refractivity contribution in [3.8, 4) is 34.4 Å². The molecule has 0 saturated carbocycles. The highest BCUT2D eigenvalue weighted by Crippen LogP contribution is 2.44. The molecule has 15 nitrogen and oxygen atoms in total. The van der Waals surface area contributed by atoms with Crippen LogP contribution < -0.4 is 10.7 Å². The number of nitrogens with zero attached hydrogens (tertiary/aromatic N) is 6. The average molecular weight is 919 g/mol. The van der Waals surface area contributed by atoms with E-state index in [-0.39, 0.29) is 43.4 Å². The summed E-state index contributed by atoms with van der Waals surface area (Å²) >= 11 is 1.41. The van der Waals surface area contributed by atoms with Gasteiger partial charge >= 0.3 is 5.97 Å². The fourth-order valence-corrected chi connectivity index (χ4v) is 11.2. The van der Waals surface area contributed by atoms with Gasteiger partial charge in [0.2, 0.25) is 11.8 Å². The molecule has 66 heavy (non-hydrogen) atoms. The van der Waals surface area contributed by atoms with Gasteiger partial charge in [0.1, 0.15) is 18.1 Å². The highest BCUT2D eigenvalue weighted by Gasteiger charge is 2.54. The van der Waals surface area contributed by atoms with Crippen LogP contribution in [0, 0.1) is 28.6 Å². The Labute approximate surface area is 390 Å². The summed E-state index contributed by atoms with van der Waals surface area (Å²) in [5.41, 5.74) is 8.51. The molecule has 3 fully saturated rings. The van der Waals surface area contributed by atoms with Crippen molar-refractivity contribution in [1.29, 1.82) is 0 Å². The molecule has 3 aromatic heterocycles. The Morgan fingerprint density at radius 3 is 2.64 bits per heavy atom. The van der Waals surface area contributed by atoms with Gasteiger partial charge < -0.3 is 29.2 Å². The number of aryl methyl sites for hydroxylation is 1. The van der Waals surface area contributed by atoms with Crippen LogP contribution in [0.25, 0.3) is 33.4 Å². The van der Waals surface area contributed by atoms with E-state index in [2.05, 4.69) is 72.2 Å². The molecule has 0 radical (unpaired) electrons. The molecule has 4 aromatic rings. The molecule has 0 aliphatic carbocycles. The smallest absolute Gasteiger partial charge is 0.324 e. The van der Waals surface area contributed by atoms with E-state index in [1.807, 2.05) is 32.2 Å². The molecule has 4 aliphatic rings. The van der Waals surface area contributed by atoms with E-state index in [0.29, 0.717) is 63.3 Å². The fraction of sp³-hybridized carbons (Fsp3) is 0.540. The maximum absolute atomic E-state index is 14.7. The molecule has 2 N–H and O–H groups in total. The van der Waals surface area contributed by atoms with Gasteiger partial charge in [0, 0.05) is 85.3 Å². The summed E-state index contributed by atoms with van der Waals surface area (Å²) in [6.45, 7) is 15.9. The number of hydrogen-bond acceptors (Lipinski definition) is 11. The predicted octanol–water partition coefficient (Wildman–Crippen LogP) is 5.70. The summed E-state index contributed by atoms with van der Waals surface area (Å²) in [5.74, 6) is 3.17. The number of hydrogen-bond donors (Lipinski definition) is 2. The molecule has 4 amide bonds. The van der Waals surface area contributed by atoms with Gasteiger partial charge in [-0.1, -0.05) is 39.7 Å². The fourth-order valence-electron chi connectivity index (χ4n) is 10.3. The number of likely N-dealkylation sites (tertiary alicyclic amines) is 2. The van der Waals surface area contributed by atoms with Gasteiger partial charge in [-0.2, -0.15) is 0 Å². The summed E-state index contributed by atoms with van der Waals surface area (Å²) in [7, 11) is 1.68. The first-order valence-corrected chi connectivity index (χ1v) is 24.1. The van der Waals surface area contributed by atoms with Crippen LogP contribution in [-0.2, 0) is 52.8 Å². The Balaban J connectivity index is 1.16. The van der Waals surface area contributed by atoms with Crippen molar-refractivity contribution in [2.75, 3.05) is 39.9 Å². The Hall–Kier alpha value is -5.63. The maximum atomic E-state index is 14.7. The van der Waals surface area contributed by atoms with Crippen LogP contribution in [0.15, 0.2) is 41.9 Å². The monoisotopic (exact) mass is 918 g/mol. The number of aromatic nitrogens is 3. The number of benzene rings is 1. The van der Waals surface area contributed by atoms with Crippen molar-refractivity contribution < 1.29 is 33.4 Å². The number of amides is 4. The number of carbonyl (C=O) groups excluding carboxylic acids is 5. The first-order valence-electron chi connectivity index (χ1n) is 23.2. The highest BCUT2D eigenvalue weighted by atomic mass is 32.1. The van der Waals surface area contributed by atoms with Crippen LogP contribution in [0.4, 0.5) is 0 Å². The maximum Gasteiger partial charge on any atom is 0.324 e. The van der Waals surface area contributed by atoms with Crippen LogP contribution in [0.2, 0.25) is 0 Å². The number of ether oxygens (including phenoxy) is 2. The summed E-state index contributed by atoms with van der Waals surface area (Å²) in [5, 5.41) is 8.17. The van der Waals surface area contributed by atoms with Gasteiger partial charge in [0.15, 0.2) is 0 Å². The van der Waals surface area contributed by atoms with Gasteiger partial charge in [0.05, 0.1) is 40.2 Å². The number of cyclic esters (lactones) is 1. The number of rotatable bonds is 8. The standard InChI is InChI=1S/C50H62N8O7S/c1-9-13-41(59)55-22-18-50(28-55)19-23-57(48(50)63)43(30(3)4)45(60)53-37-25-40-52-38(27-66-40)32-16-17-39-34(24-32)35(44(56(39)10-2)33-14-11-20-51-42(33)31(5)64-8)26-49(6,7)29-65-47(62)36-15-12-21-58(54-36)46(37)61/h11,14,16-17,20,24,27,30-31,36-37,43,54H,10,12,15,18-19,21-23,25-26,28-29H2,1-8H3,(H,53,60)/t31-,36-,37-,43-,50-/m0/s1. The Bertz CT molecular complexity index is 2610. The largest absolute Gasteiger partial charge is 0.464 e. The lowest BCUT2D eigenvalue weighted by molar-refractivity contribution is -0.155. The Kier molecular flexibility index (Phi) is 13.4. The van der Waals surface area contributed by atoms with E-state index in [1.54, 1.807) is 30.0 Å². The third-order valence-electron chi connectivity index (χ3n) is 13.8. The number of pyridine rings is 1.